The van der Waals surface area contributed by atoms with Gasteiger partial charge in [0, 0.05) is 18.3 Å². The van der Waals surface area contributed by atoms with Crippen LogP contribution in [0.3, 0.4) is 0 Å². The number of hydrogen-bond donors (Lipinski definition) is 1. The lowest BCUT2D eigenvalue weighted by Crippen LogP contribution is -2.33. The minimum atomic E-state index is 0.0287. The number of amides is 1. The highest BCUT2D eigenvalue weighted by molar-refractivity contribution is 5.79. The second-order valence-corrected chi connectivity index (χ2v) is 6.60. The van der Waals surface area contributed by atoms with E-state index in [4.69, 9.17) is 0 Å². The molecular formula is C19H27N3O. The fourth-order valence-corrected chi connectivity index (χ4v) is 3.00. The average molecular weight is 313 g/mol. The zero-order valence-corrected chi connectivity index (χ0v) is 15.0. The van der Waals surface area contributed by atoms with E-state index in [1.165, 1.54) is 11.1 Å². The summed E-state index contributed by atoms with van der Waals surface area (Å²) in [5.74, 6) is 0.377. The van der Waals surface area contributed by atoms with Crippen LogP contribution in [0.1, 0.15) is 48.0 Å². The van der Waals surface area contributed by atoms with Crippen LogP contribution in [0, 0.1) is 26.7 Å². The molecule has 0 unspecified atom stereocenters. The van der Waals surface area contributed by atoms with Crippen LogP contribution in [0.4, 0.5) is 0 Å². The van der Waals surface area contributed by atoms with Crippen LogP contribution in [0.2, 0.25) is 0 Å². The molecule has 2 rings (SSSR count). The monoisotopic (exact) mass is 313 g/mol. The largest absolute Gasteiger partial charge is 0.349 e. The number of nitrogens with one attached hydrogen (secondary N) is 1. The number of carbonyl (C=O) groups is 1. The van der Waals surface area contributed by atoms with Crippen LogP contribution in [0.25, 0.3) is 0 Å². The van der Waals surface area contributed by atoms with Gasteiger partial charge in [0.15, 0.2) is 0 Å². The molecule has 1 aromatic carbocycles. The molecule has 0 aliphatic heterocycles. The van der Waals surface area contributed by atoms with Gasteiger partial charge in [-0.15, -0.1) is 0 Å². The van der Waals surface area contributed by atoms with E-state index in [2.05, 4.69) is 43.3 Å². The van der Waals surface area contributed by atoms with Gasteiger partial charge in [0.05, 0.1) is 18.2 Å². The molecule has 0 saturated carbocycles. The summed E-state index contributed by atoms with van der Waals surface area (Å²) in [5.41, 5.74) is 5.40. The third kappa shape index (κ3) is 3.81. The van der Waals surface area contributed by atoms with Gasteiger partial charge < -0.3 is 5.32 Å². The summed E-state index contributed by atoms with van der Waals surface area (Å²) in [6.45, 7) is 10.3. The zero-order valence-electron chi connectivity index (χ0n) is 15.0. The summed E-state index contributed by atoms with van der Waals surface area (Å²) in [6, 6.07) is 8.27. The Morgan fingerprint density at radius 2 is 1.87 bits per heavy atom. The van der Waals surface area contributed by atoms with E-state index in [1.54, 1.807) is 0 Å². The number of benzene rings is 1. The Hall–Kier alpha value is -2.10. The number of hydrogen-bond acceptors (Lipinski definition) is 2. The highest BCUT2D eigenvalue weighted by Gasteiger charge is 2.21. The smallest absolute Gasteiger partial charge is 0.225 e. The first kappa shape index (κ1) is 17.3. The van der Waals surface area contributed by atoms with Gasteiger partial charge in [-0.05, 0) is 37.8 Å². The highest BCUT2D eigenvalue weighted by Crippen LogP contribution is 2.25. The topological polar surface area (TPSA) is 46.9 Å². The molecule has 0 saturated heterocycles. The average Bonchev–Trinajstić information content (AvgIpc) is 2.72. The number of rotatable bonds is 5. The third-order valence-corrected chi connectivity index (χ3v) is 4.50. The fourth-order valence-electron chi connectivity index (χ4n) is 3.00. The molecule has 0 fully saturated rings. The predicted octanol–water partition coefficient (Wildman–Crippen LogP) is 3.40. The SMILES string of the molecule is Cc1ccccc1[C@H](NC(=O)Cc1c(C)nn(C)c1C)C(C)C. The lowest BCUT2D eigenvalue weighted by atomic mass is 9.92. The van der Waals surface area contributed by atoms with Crippen molar-refractivity contribution in [2.45, 2.75) is 47.1 Å². The molecule has 1 amide bonds. The van der Waals surface area contributed by atoms with Crippen LogP contribution in [-0.4, -0.2) is 15.7 Å². The minimum Gasteiger partial charge on any atom is -0.349 e. The van der Waals surface area contributed by atoms with Crippen molar-refractivity contribution >= 4 is 5.91 Å². The maximum Gasteiger partial charge on any atom is 0.225 e. The Morgan fingerprint density at radius 3 is 2.39 bits per heavy atom. The second kappa shape index (κ2) is 6.99. The van der Waals surface area contributed by atoms with Crippen molar-refractivity contribution in [3.63, 3.8) is 0 Å². The maximum absolute atomic E-state index is 12.6. The molecule has 0 radical (unpaired) electrons. The van der Waals surface area contributed by atoms with Crippen molar-refractivity contribution in [3.8, 4) is 0 Å². The zero-order chi connectivity index (χ0) is 17.1. The molecule has 0 aliphatic rings. The van der Waals surface area contributed by atoms with Gasteiger partial charge in [-0.3, -0.25) is 9.48 Å². The summed E-state index contributed by atoms with van der Waals surface area (Å²) in [6.07, 6.45) is 0.376. The van der Waals surface area contributed by atoms with Gasteiger partial charge in [-0.25, -0.2) is 0 Å². The Kier molecular flexibility index (Phi) is 5.24. The molecule has 4 nitrogen and oxygen atoms in total. The molecule has 1 heterocycles. The number of aromatic nitrogens is 2. The Bertz CT molecular complexity index is 701. The molecule has 4 heteroatoms. The van der Waals surface area contributed by atoms with Crippen LogP contribution in [0.5, 0.6) is 0 Å². The summed E-state index contributed by atoms with van der Waals surface area (Å²) < 4.78 is 1.83. The molecule has 23 heavy (non-hydrogen) atoms. The van der Waals surface area contributed by atoms with Crippen molar-refractivity contribution < 1.29 is 4.79 Å². The number of nitrogens with zero attached hydrogens (tertiary/aromatic N) is 2. The van der Waals surface area contributed by atoms with Gasteiger partial charge in [0.2, 0.25) is 5.91 Å². The first-order valence-electron chi connectivity index (χ1n) is 8.15. The van der Waals surface area contributed by atoms with Gasteiger partial charge in [0.1, 0.15) is 0 Å². The summed E-state index contributed by atoms with van der Waals surface area (Å²) in [7, 11) is 1.91. The van der Waals surface area contributed by atoms with Crippen molar-refractivity contribution in [1.29, 1.82) is 0 Å². The normalized spacial score (nSPS) is 12.5. The number of aryl methyl sites for hydroxylation is 3. The molecule has 1 atom stereocenters. The Labute approximate surface area is 138 Å². The van der Waals surface area contributed by atoms with Gasteiger partial charge >= 0.3 is 0 Å². The first-order chi connectivity index (χ1) is 10.8. The van der Waals surface area contributed by atoms with Crippen molar-refractivity contribution in [2.75, 3.05) is 0 Å². The van der Waals surface area contributed by atoms with Crippen LogP contribution in [0.15, 0.2) is 24.3 Å². The fraction of sp³-hybridized carbons (Fsp3) is 0.474. The van der Waals surface area contributed by atoms with E-state index < -0.39 is 0 Å². The van der Waals surface area contributed by atoms with Crippen molar-refractivity contribution in [1.82, 2.24) is 15.1 Å². The molecular weight excluding hydrogens is 286 g/mol. The van der Waals surface area contributed by atoms with Crippen LogP contribution in [-0.2, 0) is 18.3 Å². The third-order valence-electron chi connectivity index (χ3n) is 4.50. The second-order valence-electron chi connectivity index (χ2n) is 6.60. The van der Waals surface area contributed by atoms with Crippen LogP contribution >= 0.6 is 0 Å². The van der Waals surface area contributed by atoms with E-state index >= 15 is 0 Å². The molecule has 1 N–H and O–H groups in total. The maximum atomic E-state index is 12.6. The van der Waals surface area contributed by atoms with Gasteiger partial charge in [-0.2, -0.15) is 5.10 Å². The van der Waals surface area contributed by atoms with E-state index in [0.717, 1.165) is 17.0 Å². The Morgan fingerprint density at radius 1 is 1.22 bits per heavy atom. The lowest BCUT2D eigenvalue weighted by molar-refractivity contribution is -0.121. The Balaban J connectivity index is 2.18. The number of carbonyl (C=O) groups excluding carboxylic acids is 1. The molecule has 1 aromatic heterocycles. The summed E-state index contributed by atoms with van der Waals surface area (Å²) in [5, 5.41) is 7.60. The van der Waals surface area contributed by atoms with E-state index in [0.29, 0.717) is 12.3 Å². The minimum absolute atomic E-state index is 0.0287. The van der Waals surface area contributed by atoms with Crippen molar-refractivity contribution in [2.24, 2.45) is 13.0 Å². The quantitative estimate of drug-likeness (QED) is 0.919. The van der Waals surface area contributed by atoms with Crippen LogP contribution < -0.4 is 5.32 Å². The molecule has 0 bridgehead atoms. The van der Waals surface area contributed by atoms with Gasteiger partial charge in [0.25, 0.3) is 0 Å². The van der Waals surface area contributed by atoms with Gasteiger partial charge in [-0.1, -0.05) is 38.1 Å². The van der Waals surface area contributed by atoms with E-state index in [1.807, 2.05) is 37.7 Å². The standard InChI is InChI=1S/C19H27N3O/c1-12(2)19(16-10-8-7-9-13(16)3)20-18(23)11-17-14(4)21-22(6)15(17)5/h7-10,12,19H,11H2,1-6H3,(H,20,23)/t19-/m1/s1. The first-order valence-corrected chi connectivity index (χ1v) is 8.15. The molecule has 124 valence electrons. The van der Waals surface area contributed by atoms with Crippen molar-refractivity contribution in [3.05, 3.63) is 52.3 Å². The highest BCUT2D eigenvalue weighted by atomic mass is 16.1. The molecule has 0 spiro atoms. The predicted molar refractivity (Wildman–Crippen MR) is 93.3 cm³/mol. The van der Waals surface area contributed by atoms with E-state index in [-0.39, 0.29) is 11.9 Å². The van der Waals surface area contributed by atoms with E-state index in [9.17, 15) is 4.79 Å². The summed E-state index contributed by atoms with van der Waals surface area (Å²) >= 11 is 0. The summed E-state index contributed by atoms with van der Waals surface area (Å²) in [4.78, 5) is 12.6. The molecule has 2 aromatic rings. The lowest BCUT2D eigenvalue weighted by Gasteiger charge is -2.24. The molecule has 0 aliphatic carbocycles.